The van der Waals surface area contributed by atoms with Crippen molar-refractivity contribution < 1.29 is 0 Å². The summed E-state index contributed by atoms with van der Waals surface area (Å²) in [7, 11) is 2.02. The van der Waals surface area contributed by atoms with Gasteiger partial charge >= 0.3 is 0 Å². The molecule has 0 heterocycles. The highest BCUT2D eigenvalue weighted by molar-refractivity contribution is 7.99. The van der Waals surface area contributed by atoms with Crippen LogP contribution in [0.5, 0.6) is 0 Å². The number of hydrogen-bond donors (Lipinski definition) is 1. The van der Waals surface area contributed by atoms with Crippen LogP contribution >= 0.6 is 11.8 Å². The average Bonchev–Trinajstić information content (AvgIpc) is 2.35. The predicted molar refractivity (Wildman–Crippen MR) is 77.4 cm³/mol. The molecule has 1 N–H and O–H groups in total. The van der Waals surface area contributed by atoms with E-state index in [1.165, 1.54) is 10.5 Å². The summed E-state index contributed by atoms with van der Waals surface area (Å²) in [5.41, 5.74) is 1.31. The summed E-state index contributed by atoms with van der Waals surface area (Å²) in [4.78, 5) is 1.34. The molecule has 2 heteroatoms. The van der Waals surface area contributed by atoms with Crippen molar-refractivity contribution in [3.8, 4) is 12.3 Å². The van der Waals surface area contributed by atoms with E-state index < -0.39 is 0 Å². The van der Waals surface area contributed by atoms with Gasteiger partial charge in [0.2, 0.25) is 0 Å². The fourth-order valence-electron chi connectivity index (χ4n) is 1.59. The van der Waals surface area contributed by atoms with Crippen molar-refractivity contribution in [1.82, 2.24) is 5.32 Å². The number of aryl methyl sites for hydroxylation is 1. The van der Waals surface area contributed by atoms with Gasteiger partial charge in [0.1, 0.15) is 0 Å². The van der Waals surface area contributed by atoms with Crippen LogP contribution in [0.4, 0.5) is 0 Å². The van der Waals surface area contributed by atoms with Gasteiger partial charge in [-0.05, 0) is 38.9 Å². The number of terminal acetylenes is 1. The molecule has 0 amide bonds. The van der Waals surface area contributed by atoms with E-state index in [2.05, 4.69) is 42.4 Å². The molecule has 1 aromatic carbocycles. The largest absolute Gasteiger partial charge is 0.316 e. The molecular formula is C15H21NS. The van der Waals surface area contributed by atoms with Gasteiger partial charge in [-0.3, -0.25) is 0 Å². The number of unbranched alkanes of at least 4 members (excludes halogenated alkanes) is 1. The third-order valence-corrected chi connectivity index (χ3v) is 3.93. The summed E-state index contributed by atoms with van der Waals surface area (Å²) >= 11 is 1.91. The van der Waals surface area contributed by atoms with Gasteiger partial charge in [0, 0.05) is 23.1 Å². The molecule has 0 aliphatic heterocycles. The highest BCUT2D eigenvalue weighted by atomic mass is 32.2. The van der Waals surface area contributed by atoms with Crippen LogP contribution in [-0.2, 0) is 0 Å². The first-order chi connectivity index (χ1) is 8.26. The standard InChI is InChI=1S/C15H21NS/c1-4-5-6-7-14(16-3)12-17-15-10-8-13(2)9-11-15/h1,8-11,14,16H,5-7,12H2,2-3H3. The molecule has 1 unspecified atom stereocenters. The maximum absolute atomic E-state index is 5.26. The molecule has 0 aromatic heterocycles. The molecule has 0 aliphatic carbocycles. The molecule has 0 radical (unpaired) electrons. The number of benzene rings is 1. The summed E-state index contributed by atoms with van der Waals surface area (Å²) in [5, 5.41) is 3.35. The van der Waals surface area contributed by atoms with E-state index in [-0.39, 0.29) is 0 Å². The van der Waals surface area contributed by atoms with Crippen LogP contribution in [0.3, 0.4) is 0 Å². The van der Waals surface area contributed by atoms with Gasteiger partial charge in [0.05, 0.1) is 0 Å². The quantitative estimate of drug-likeness (QED) is 0.450. The maximum atomic E-state index is 5.26. The van der Waals surface area contributed by atoms with Crippen LogP contribution in [0.2, 0.25) is 0 Å². The fourth-order valence-corrected chi connectivity index (χ4v) is 2.65. The molecule has 0 fully saturated rings. The molecule has 17 heavy (non-hydrogen) atoms. The lowest BCUT2D eigenvalue weighted by atomic mass is 10.1. The topological polar surface area (TPSA) is 12.0 Å². The first-order valence-corrected chi connectivity index (χ1v) is 7.05. The molecular weight excluding hydrogens is 226 g/mol. The smallest absolute Gasteiger partial charge is 0.0159 e. The summed E-state index contributed by atoms with van der Waals surface area (Å²) in [6.45, 7) is 2.12. The van der Waals surface area contributed by atoms with Crippen LogP contribution < -0.4 is 5.32 Å². The van der Waals surface area contributed by atoms with Crippen molar-refractivity contribution in [3.63, 3.8) is 0 Å². The zero-order valence-corrected chi connectivity index (χ0v) is 11.5. The van der Waals surface area contributed by atoms with Crippen LogP contribution in [0, 0.1) is 19.3 Å². The summed E-state index contributed by atoms with van der Waals surface area (Å²) < 4.78 is 0. The van der Waals surface area contributed by atoms with E-state index in [1.807, 2.05) is 18.8 Å². The maximum Gasteiger partial charge on any atom is 0.0159 e. The van der Waals surface area contributed by atoms with Crippen molar-refractivity contribution in [2.75, 3.05) is 12.8 Å². The zero-order chi connectivity index (χ0) is 12.5. The molecule has 0 saturated heterocycles. The Morgan fingerprint density at radius 1 is 1.35 bits per heavy atom. The van der Waals surface area contributed by atoms with Crippen molar-refractivity contribution in [3.05, 3.63) is 29.8 Å². The molecule has 0 spiro atoms. The Balaban J connectivity index is 2.32. The Hall–Kier alpha value is -0.910. The fraction of sp³-hybridized carbons (Fsp3) is 0.467. The normalized spacial score (nSPS) is 12.1. The minimum absolute atomic E-state index is 0.551. The number of rotatable bonds is 7. The second-order valence-electron chi connectivity index (χ2n) is 4.21. The van der Waals surface area contributed by atoms with E-state index in [4.69, 9.17) is 6.42 Å². The van der Waals surface area contributed by atoms with E-state index in [1.54, 1.807) is 0 Å². The highest BCUT2D eigenvalue weighted by Gasteiger charge is 2.06. The molecule has 1 nitrogen and oxygen atoms in total. The second kappa shape index (κ2) is 8.22. The van der Waals surface area contributed by atoms with Crippen LogP contribution in [0.1, 0.15) is 24.8 Å². The third-order valence-electron chi connectivity index (χ3n) is 2.75. The minimum atomic E-state index is 0.551. The molecule has 0 aliphatic rings. The van der Waals surface area contributed by atoms with E-state index in [0.717, 1.165) is 25.0 Å². The molecule has 1 atom stereocenters. The van der Waals surface area contributed by atoms with Crippen LogP contribution in [-0.4, -0.2) is 18.8 Å². The molecule has 92 valence electrons. The summed E-state index contributed by atoms with van der Waals surface area (Å²) in [5.74, 6) is 3.79. The summed E-state index contributed by atoms with van der Waals surface area (Å²) in [6, 6.07) is 9.25. The van der Waals surface area contributed by atoms with Crippen molar-refractivity contribution in [2.24, 2.45) is 0 Å². The Kier molecular flexibility index (Phi) is 6.84. The Labute approximate surface area is 109 Å². The van der Waals surface area contributed by atoms with Crippen molar-refractivity contribution in [2.45, 2.75) is 37.1 Å². The van der Waals surface area contributed by atoms with Gasteiger partial charge in [-0.25, -0.2) is 0 Å². The third kappa shape index (κ3) is 5.81. The monoisotopic (exact) mass is 247 g/mol. The lowest BCUT2D eigenvalue weighted by Crippen LogP contribution is -2.27. The first kappa shape index (κ1) is 14.2. The van der Waals surface area contributed by atoms with Crippen molar-refractivity contribution in [1.29, 1.82) is 0 Å². The van der Waals surface area contributed by atoms with Crippen molar-refractivity contribution >= 4 is 11.8 Å². The van der Waals surface area contributed by atoms with Crippen LogP contribution in [0.25, 0.3) is 0 Å². The van der Waals surface area contributed by atoms with E-state index in [9.17, 15) is 0 Å². The minimum Gasteiger partial charge on any atom is -0.316 e. The van der Waals surface area contributed by atoms with E-state index >= 15 is 0 Å². The lowest BCUT2D eigenvalue weighted by Gasteiger charge is -2.15. The molecule has 0 bridgehead atoms. The van der Waals surface area contributed by atoms with Gasteiger partial charge in [0.25, 0.3) is 0 Å². The van der Waals surface area contributed by atoms with Gasteiger partial charge < -0.3 is 5.32 Å². The van der Waals surface area contributed by atoms with Gasteiger partial charge in [-0.2, -0.15) is 0 Å². The lowest BCUT2D eigenvalue weighted by molar-refractivity contribution is 0.554. The zero-order valence-electron chi connectivity index (χ0n) is 10.7. The highest BCUT2D eigenvalue weighted by Crippen LogP contribution is 2.20. The average molecular weight is 247 g/mol. The number of nitrogens with one attached hydrogen (secondary N) is 1. The Morgan fingerprint density at radius 3 is 2.65 bits per heavy atom. The molecule has 1 aromatic rings. The Bertz CT molecular complexity index is 350. The second-order valence-corrected chi connectivity index (χ2v) is 5.30. The number of thioether (sulfide) groups is 1. The molecule has 1 rings (SSSR count). The van der Waals surface area contributed by atoms with Gasteiger partial charge in [-0.15, -0.1) is 24.1 Å². The Morgan fingerprint density at radius 2 is 2.06 bits per heavy atom. The summed E-state index contributed by atoms with van der Waals surface area (Å²) in [6.07, 6.45) is 8.40. The van der Waals surface area contributed by atoms with Gasteiger partial charge in [-0.1, -0.05) is 17.7 Å². The predicted octanol–water partition coefficient (Wildman–Crippen LogP) is 3.48. The first-order valence-electron chi connectivity index (χ1n) is 6.06. The van der Waals surface area contributed by atoms with E-state index in [0.29, 0.717) is 6.04 Å². The van der Waals surface area contributed by atoms with Gasteiger partial charge in [0.15, 0.2) is 0 Å². The van der Waals surface area contributed by atoms with Crippen LogP contribution in [0.15, 0.2) is 29.2 Å². The SMILES string of the molecule is C#CCCCC(CSc1ccc(C)cc1)NC. The number of hydrogen-bond acceptors (Lipinski definition) is 2. The molecule has 0 saturated carbocycles.